The van der Waals surface area contributed by atoms with Gasteiger partial charge < -0.3 is 18.9 Å². The molecule has 0 unspecified atom stereocenters. The lowest BCUT2D eigenvalue weighted by molar-refractivity contribution is -0.0692. The molecule has 0 aliphatic carbocycles. The number of aromatic nitrogens is 5. The smallest absolute Gasteiger partial charge is 0.338 e. The Bertz CT molecular complexity index is 1770. The van der Waals surface area contributed by atoms with Crippen LogP contribution in [0.5, 0.6) is 0 Å². The fourth-order valence-corrected chi connectivity index (χ4v) is 4.58. The molecule has 13 nitrogen and oxygen atoms in total. The summed E-state index contributed by atoms with van der Waals surface area (Å²) in [6.45, 7) is -0.347. The first-order valence-electron chi connectivity index (χ1n) is 12.9. The van der Waals surface area contributed by atoms with Crippen molar-refractivity contribution in [2.75, 3.05) is 6.61 Å². The summed E-state index contributed by atoms with van der Waals surface area (Å²) in [6, 6.07) is 24.9. The van der Waals surface area contributed by atoms with E-state index in [1.807, 2.05) is 0 Å². The average molecular weight is 569 g/mol. The first-order chi connectivity index (χ1) is 20.5. The van der Waals surface area contributed by atoms with Crippen LogP contribution < -0.4 is 5.62 Å². The van der Waals surface area contributed by atoms with E-state index in [0.29, 0.717) is 5.56 Å². The van der Waals surface area contributed by atoms with Crippen molar-refractivity contribution in [2.45, 2.75) is 24.5 Å². The Morgan fingerprint density at radius 1 is 0.786 bits per heavy atom. The maximum Gasteiger partial charge on any atom is 0.338 e. The van der Waals surface area contributed by atoms with Crippen LogP contribution in [0.4, 0.5) is 0 Å². The summed E-state index contributed by atoms with van der Waals surface area (Å²) in [5, 5.41) is 15.5. The molecule has 2 aromatic heterocycles. The topological polar surface area (TPSA) is 163 Å². The summed E-state index contributed by atoms with van der Waals surface area (Å²) in [7, 11) is 0. The lowest BCUT2D eigenvalue weighted by Gasteiger charge is -2.24. The van der Waals surface area contributed by atoms with E-state index in [0.717, 1.165) is 0 Å². The number of benzene rings is 3. The number of nitrogens with one attached hydrogen (secondary N) is 2. The fraction of sp³-hybridized carbons (Fsp3) is 0.172. The van der Waals surface area contributed by atoms with Gasteiger partial charge in [0, 0.05) is 0 Å². The number of aromatic amines is 1. The van der Waals surface area contributed by atoms with Crippen molar-refractivity contribution < 1.29 is 33.3 Å². The minimum absolute atomic E-state index is 0.177. The maximum absolute atomic E-state index is 13.2. The Kier molecular flexibility index (Phi) is 7.30. The molecular weight excluding hydrogens is 544 g/mol. The minimum Gasteiger partial charge on any atom is -0.459 e. The molecule has 3 heterocycles. The molecule has 0 saturated carbocycles. The van der Waals surface area contributed by atoms with Gasteiger partial charge in [-0.25, -0.2) is 19.1 Å². The highest BCUT2D eigenvalue weighted by molar-refractivity contribution is 5.91. The number of carbonyl (C=O) groups excluding carboxylic acids is 3. The van der Waals surface area contributed by atoms with E-state index in [9.17, 15) is 14.4 Å². The number of fused-ring (bicyclic) bond motifs is 1. The minimum atomic E-state index is -1.27. The highest BCUT2D eigenvalue weighted by atomic mass is 16.7. The van der Waals surface area contributed by atoms with Crippen LogP contribution in [-0.2, 0) is 18.9 Å². The third kappa shape index (κ3) is 5.28. The molecule has 1 aliphatic heterocycles. The van der Waals surface area contributed by atoms with E-state index in [1.54, 1.807) is 91.0 Å². The predicted octanol–water partition coefficient (Wildman–Crippen LogP) is 2.54. The third-order valence-corrected chi connectivity index (χ3v) is 6.63. The van der Waals surface area contributed by atoms with E-state index < -0.39 is 42.4 Å². The zero-order valence-electron chi connectivity index (χ0n) is 21.9. The highest BCUT2D eigenvalue weighted by Crippen LogP contribution is 2.34. The Hall–Kier alpha value is -5.56. The first-order valence-corrected chi connectivity index (χ1v) is 12.9. The van der Waals surface area contributed by atoms with E-state index in [1.165, 1.54) is 15.5 Å². The number of hydrogen-bond donors (Lipinski definition) is 2. The molecule has 3 aromatic carbocycles. The van der Waals surface area contributed by atoms with Crippen LogP contribution in [0.2, 0.25) is 0 Å². The van der Waals surface area contributed by atoms with Crippen LogP contribution in [0.1, 0.15) is 37.3 Å². The number of ether oxygens (including phenoxy) is 4. The van der Waals surface area contributed by atoms with Gasteiger partial charge in [-0.1, -0.05) is 54.6 Å². The third-order valence-electron chi connectivity index (χ3n) is 6.63. The van der Waals surface area contributed by atoms with Gasteiger partial charge in [0.1, 0.15) is 19.0 Å². The number of esters is 3. The van der Waals surface area contributed by atoms with Gasteiger partial charge in [-0.15, -0.1) is 0 Å². The normalized spacial score (nSPS) is 19.8. The molecule has 4 atom stereocenters. The number of nitrogens with zero attached hydrogens (tertiary/aromatic N) is 4. The van der Waals surface area contributed by atoms with Crippen molar-refractivity contribution in [1.29, 1.82) is 5.41 Å². The zero-order chi connectivity index (χ0) is 29.1. The molecule has 1 saturated heterocycles. The molecule has 0 spiro atoms. The number of H-pyrrole nitrogens is 1. The average Bonchev–Trinajstić information content (AvgIpc) is 3.72. The van der Waals surface area contributed by atoms with Gasteiger partial charge in [0.25, 0.3) is 0 Å². The SMILES string of the molecule is N=c1n([C@@H]2O[C@H](COC(=O)c3ccccc3)[C@@H](OC(=O)c3ccccc3)[C@H]2OC(=O)c2ccccc2)[nH]c2ncnn12. The standard InChI is InChI=1S/C29H24N6O7/c30-28-34(33-29-31-17-32-35(28)29)24-23(42-27(38)20-14-8-3-9-15-20)22(41-26(37)19-12-6-2-7-13-19)21(40-24)16-39-25(36)18-10-4-1-5-11-18/h1-15,17,21-24,30H,16H2,(H,31,32,33)/t21-,22-,23-,24-/m1/s1. The first kappa shape index (κ1) is 26.7. The van der Waals surface area contributed by atoms with E-state index >= 15 is 0 Å². The summed E-state index contributed by atoms with van der Waals surface area (Å²) >= 11 is 0. The molecule has 0 amide bonds. The summed E-state index contributed by atoms with van der Waals surface area (Å²) in [6.07, 6.45) is -3.54. The van der Waals surface area contributed by atoms with Crippen LogP contribution in [0.25, 0.3) is 5.78 Å². The molecule has 13 heteroatoms. The Morgan fingerprint density at radius 3 is 1.86 bits per heavy atom. The second kappa shape index (κ2) is 11.5. The molecule has 212 valence electrons. The second-order valence-electron chi connectivity index (χ2n) is 9.30. The van der Waals surface area contributed by atoms with E-state index in [-0.39, 0.29) is 29.1 Å². The van der Waals surface area contributed by atoms with E-state index in [4.69, 9.17) is 24.4 Å². The molecule has 2 N–H and O–H groups in total. The van der Waals surface area contributed by atoms with Gasteiger partial charge >= 0.3 is 17.9 Å². The molecule has 0 radical (unpaired) electrons. The lowest BCUT2D eigenvalue weighted by Crippen LogP contribution is -2.42. The van der Waals surface area contributed by atoms with E-state index in [2.05, 4.69) is 15.2 Å². The molecular formula is C29H24N6O7. The predicted molar refractivity (Wildman–Crippen MR) is 143 cm³/mol. The molecule has 0 bridgehead atoms. The van der Waals surface area contributed by atoms with Crippen LogP contribution in [-0.4, -0.2) is 67.2 Å². The van der Waals surface area contributed by atoms with Gasteiger partial charge in [0.15, 0.2) is 18.4 Å². The second-order valence-corrected chi connectivity index (χ2v) is 9.30. The van der Waals surface area contributed by atoms with Crippen molar-refractivity contribution in [3.05, 3.63) is 120 Å². The van der Waals surface area contributed by atoms with Crippen molar-refractivity contribution in [2.24, 2.45) is 0 Å². The summed E-state index contributed by atoms with van der Waals surface area (Å²) in [5.74, 6) is -1.80. The maximum atomic E-state index is 13.2. The van der Waals surface area contributed by atoms with Crippen molar-refractivity contribution in [3.63, 3.8) is 0 Å². The largest absolute Gasteiger partial charge is 0.459 e. The number of carbonyl (C=O) groups is 3. The van der Waals surface area contributed by atoms with Gasteiger partial charge in [-0.3, -0.25) is 10.5 Å². The molecule has 6 rings (SSSR count). The Morgan fingerprint density at radius 2 is 1.31 bits per heavy atom. The van der Waals surface area contributed by atoms with Crippen LogP contribution >= 0.6 is 0 Å². The number of hydrogen-bond acceptors (Lipinski definition) is 10. The van der Waals surface area contributed by atoms with Crippen molar-refractivity contribution >= 4 is 23.7 Å². The van der Waals surface area contributed by atoms with Crippen LogP contribution in [0.15, 0.2) is 97.3 Å². The van der Waals surface area contributed by atoms with Gasteiger partial charge in [-0.05, 0) is 36.4 Å². The summed E-state index contributed by atoms with van der Waals surface area (Å²) in [5.41, 5.74) is 0.646. The van der Waals surface area contributed by atoms with Crippen LogP contribution in [0, 0.1) is 5.41 Å². The Labute approximate surface area is 237 Å². The Balaban J connectivity index is 1.36. The van der Waals surface area contributed by atoms with Crippen LogP contribution in [0.3, 0.4) is 0 Å². The lowest BCUT2D eigenvalue weighted by atomic mass is 10.1. The van der Waals surface area contributed by atoms with Crippen molar-refractivity contribution in [3.8, 4) is 0 Å². The summed E-state index contributed by atoms with van der Waals surface area (Å²) in [4.78, 5) is 43.3. The molecule has 1 aliphatic rings. The van der Waals surface area contributed by atoms with Crippen molar-refractivity contribution in [1.82, 2.24) is 24.4 Å². The summed E-state index contributed by atoms with van der Waals surface area (Å²) < 4.78 is 26.0. The monoisotopic (exact) mass is 568 g/mol. The quantitative estimate of drug-likeness (QED) is 0.212. The van der Waals surface area contributed by atoms with Gasteiger partial charge in [-0.2, -0.15) is 14.6 Å². The molecule has 1 fully saturated rings. The molecule has 5 aromatic rings. The highest BCUT2D eigenvalue weighted by Gasteiger charge is 2.52. The fourth-order valence-electron chi connectivity index (χ4n) is 4.58. The van der Waals surface area contributed by atoms with Gasteiger partial charge in [0.2, 0.25) is 11.4 Å². The molecule has 42 heavy (non-hydrogen) atoms. The van der Waals surface area contributed by atoms with Gasteiger partial charge in [0.05, 0.1) is 16.7 Å². The number of rotatable bonds is 8. The zero-order valence-corrected chi connectivity index (χ0v) is 21.9.